The molecule has 4 rings (SSSR count). The van der Waals surface area contributed by atoms with Crippen LogP contribution in [0.15, 0.2) is 71.6 Å². The maximum absolute atomic E-state index is 12.6. The summed E-state index contributed by atoms with van der Waals surface area (Å²) in [5.74, 6) is 0.596. The molecule has 1 fully saturated rings. The van der Waals surface area contributed by atoms with Crippen molar-refractivity contribution in [2.75, 3.05) is 25.9 Å². The quantitative estimate of drug-likeness (QED) is 0.573. The highest BCUT2D eigenvalue weighted by Gasteiger charge is 2.20. The lowest BCUT2D eigenvalue weighted by Gasteiger charge is -2.32. The van der Waals surface area contributed by atoms with Crippen molar-refractivity contribution in [1.82, 2.24) is 10.2 Å². The highest BCUT2D eigenvalue weighted by atomic mass is 32.2. The lowest BCUT2D eigenvalue weighted by molar-refractivity contribution is 0.0935. The number of rotatable bonds is 6. The van der Waals surface area contributed by atoms with Gasteiger partial charge in [0.15, 0.2) is 0 Å². The number of likely N-dealkylation sites (tertiary alicyclic amines) is 1. The molecule has 0 radical (unpaired) electrons. The number of hydrogen-bond acceptors (Lipinski definition) is 3. The molecule has 0 saturated carbocycles. The molecule has 0 spiro atoms. The molecule has 1 N–H and O–H groups in total. The largest absolute Gasteiger partial charge is 0.352 e. The number of nitrogens with one attached hydrogen (secondary N) is 1. The smallest absolute Gasteiger partial charge is 0.251 e. The monoisotopic (exact) mass is 404 g/mol. The van der Waals surface area contributed by atoms with Gasteiger partial charge in [-0.05, 0) is 72.6 Å². The molecule has 1 amide bonds. The molecule has 29 heavy (non-hydrogen) atoms. The van der Waals surface area contributed by atoms with E-state index >= 15 is 0 Å². The molecular formula is C25H28N2OS. The molecule has 1 saturated heterocycles. The van der Waals surface area contributed by atoms with Crippen LogP contribution in [0, 0.1) is 5.92 Å². The zero-order chi connectivity index (χ0) is 20.1. The molecule has 1 aliphatic rings. The molecule has 0 bridgehead atoms. The van der Waals surface area contributed by atoms with E-state index in [4.69, 9.17) is 0 Å². The first-order chi connectivity index (χ1) is 14.2. The zero-order valence-corrected chi connectivity index (χ0v) is 17.8. The fraction of sp³-hybridized carbons (Fsp3) is 0.320. The van der Waals surface area contributed by atoms with Gasteiger partial charge in [-0.1, -0.05) is 48.5 Å². The average Bonchev–Trinajstić information content (AvgIpc) is 2.78. The Labute approximate surface area is 177 Å². The summed E-state index contributed by atoms with van der Waals surface area (Å²) in [4.78, 5) is 16.5. The topological polar surface area (TPSA) is 32.3 Å². The van der Waals surface area contributed by atoms with Gasteiger partial charge in [0.1, 0.15) is 0 Å². The number of amides is 1. The summed E-state index contributed by atoms with van der Waals surface area (Å²) >= 11 is 1.82. The van der Waals surface area contributed by atoms with Gasteiger partial charge >= 0.3 is 0 Å². The molecule has 0 unspecified atom stereocenters. The van der Waals surface area contributed by atoms with Crippen LogP contribution in [0.1, 0.15) is 28.8 Å². The molecule has 3 aromatic carbocycles. The number of carbonyl (C=O) groups excluding carboxylic acids is 1. The van der Waals surface area contributed by atoms with E-state index in [1.54, 1.807) is 0 Å². The zero-order valence-electron chi connectivity index (χ0n) is 16.9. The van der Waals surface area contributed by atoms with Gasteiger partial charge in [0, 0.05) is 23.5 Å². The summed E-state index contributed by atoms with van der Waals surface area (Å²) in [5.41, 5.74) is 2.16. The minimum absolute atomic E-state index is 0.0343. The molecule has 3 aromatic rings. The van der Waals surface area contributed by atoms with E-state index in [0.29, 0.717) is 5.92 Å². The number of benzene rings is 3. The van der Waals surface area contributed by atoms with Crippen LogP contribution >= 0.6 is 11.8 Å². The van der Waals surface area contributed by atoms with Crippen LogP contribution in [-0.2, 0) is 6.54 Å². The Morgan fingerprint density at radius 1 is 1.00 bits per heavy atom. The highest BCUT2D eigenvalue weighted by Crippen LogP contribution is 2.24. The Morgan fingerprint density at radius 2 is 1.72 bits per heavy atom. The Bertz CT molecular complexity index is 979. The van der Waals surface area contributed by atoms with E-state index < -0.39 is 0 Å². The molecule has 4 heteroatoms. The fourth-order valence-corrected chi connectivity index (χ4v) is 4.70. The Hall–Kier alpha value is -2.30. The van der Waals surface area contributed by atoms with Crippen LogP contribution in [0.4, 0.5) is 0 Å². The minimum Gasteiger partial charge on any atom is -0.352 e. The van der Waals surface area contributed by atoms with Gasteiger partial charge in [0.05, 0.1) is 0 Å². The summed E-state index contributed by atoms with van der Waals surface area (Å²) in [6.45, 7) is 3.98. The van der Waals surface area contributed by atoms with Crippen molar-refractivity contribution in [2.45, 2.75) is 24.3 Å². The maximum Gasteiger partial charge on any atom is 0.251 e. The normalized spacial score (nSPS) is 15.5. The molecular weight excluding hydrogens is 376 g/mol. The number of carbonyl (C=O) groups is 1. The van der Waals surface area contributed by atoms with E-state index in [-0.39, 0.29) is 5.91 Å². The number of fused-ring (bicyclic) bond motifs is 1. The number of thioether (sulfide) groups is 1. The molecule has 1 heterocycles. The van der Waals surface area contributed by atoms with Crippen molar-refractivity contribution in [2.24, 2.45) is 5.92 Å². The summed E-state index contributed by atoms with van der Waals surface area (Å²) in [7, 11) is 0. The molecule has 0 aromatic heterocycles. The van der Waals surface area contributed by atoms with Gasteiger partial charge in [-0.2, -0.15) is 0 Å². The van der Waals surface area contributed by atoms with Gasteiger partial charge < -0.3 is 5.32 Å². The lowest BCUT2D eigenvalue weighted by Crippen LogP contribution is -2.38. The first-order valence-electron chi connectivity index (χ1n) is 10.3. The molecule has 0 atom stereocenters. The highest BCUT2D eigenvalue weighted by molar-refractivity contribution is 7.98. The van der Waals surface area contributed by atoms with Gasteiger partial charge in [0.25, 0.3) is 5.91 Å². The van der Waals surface area contributed by atoms with Gasteiger partial charge in [-0.25, -0.2) is 0 Å². The predicted molar refractivity (Wildman–Crippen MR) is 123 cm³/mol. The second kappa shape index (κ2) is 9.47. The second-order valence-electron chi connectivity index (χ2n) is 7.80. The summed E-state index contributed by atoms with van der Waals surface area (Å²) in [6, 6.07) is 22.8. The van der Waals surface area contributed by atoms with Crippen molar-refractivity contribution >= 4 is 28.4 Å². The van der Waals surface area contributed by atoms with Crippen LogP contribution in [0.25, 0.3) is 10.8 Å². The number of hydrogen-bond donors (Lipinski definition) is 1. The van der Waals surface area contributed by atoms with E-state index in [1.165, 1.54) is 15.8 Å². The fourth-order valence-electron chi connectivity index (χ4n) is 4.09. The maximum atomic E-state index is 12.6. The van der Waals surface area contributed by atoms with Crippen molar-refractivity contribution in [3.8, 4) is 0 Å². The van der Waals surface area contributed by atoms with Crippen molar-refractivity contribution in [1.29, 1.82) is 0 Å². The van der Waals surface area contributed by atoms with Gasteiger partial charge in [-0.3, -0.25) is 9.69 Å². The summed E-state index contributed by atoms with van der Waals surface area (Å²) < 4.78 is 0. The first-order valence-corrected chi connectivity index (χ1v) is 11.6. The van der Waals surface area contributed by atoms with Crippen molar-refractivity contribution < 1.29 is 4.79 Å². The first kappa shape index (κ1) is 20.0. The van der Waals surface area contributed by atoms with Crippen molar-refractivity contribution in [3.05, 3.63) is 77.9 Å². The van der Waals surface area contributed by atoms with Gasteiger partial charge in [0.2, 0.25) is 0 Å². The van der Waals surface area contributed by atoms with Crippen LogP contribution in [-0.4, -0.2) is 36.7 Å². The average molecular weight is 405 g/mol. The number of piperidine rings is 1. The van der Waals surface area contributed by atoms with Crippen LogP contribution in [0.2, 0.25) is 0 Å². The third-order valence-corrected chi connectivity index (χ3v) is 6.69. The third kappa shape index (κ3) is 5.01. The Morgan fingerprint density at radius 3 is 2.52 bits per heavy atom. The van der Waals surface area contributed by atoms with E-state index in [2.05, 4.69) is 52.9 Å². The second-order valence-corrected chi connectivity index (χ2v) is 8.65. The molecule has 1 aliphatic heterocycles. The van der Waals surface area contributed by atoms with Crippen LogP contribution in [0.3, 0.4) is 0 Å². The summed E-state index contributed by atoms with van der Waals surface area (Å²) in [5, 5.41) is 5.43. The van der Waals surface area contributed by atoms with E-state index in [1.807, 2.05) is 42.1 Å². The predicted octanol–water partition coefficient (Wildman–Crippen LogP) is 5.20. The Kier molecular flexibility index (Phi) is 6.53. The number of nitrogens with zero attached hydrogens (tertiary/aromatic N) is 1. The molecule has 150 valence electrons. The molecule has 0 aliphatic carbocycles. The third-order valence-electron chi connectivity index (χ3n) is 5.86. The minimum atomic E-state index is 0.0343. The van der Waals surface area contributed by atoms with E-state index in [0.717, 1.165) is 50.0 Å². The lowest BCUT2D eigenvalue weighted by atomic mass is 9.96. The molecule has 3 nitrogen and oxygen atoms in total. The van der Waals surface area contributed by atoms with Crippen molar-refractivity contribution in [3.63, 3.8) is 0 Å². The standard InChI is InChI=1S/C25H28N2OS/c1-29-24-9-5-4-8-23(24)18-27-14-12-19(13-15-27)17-26-25(28)22-11-10-20-6-2-3-7-21(20)16-22/h2-11,16,19H,12-15,17-18H2,1H3,(H,26,28). The van der Waals surface area contributed by atoms with Crippen LogP contribution < -0.4 is 5.32 Å². The van der Waals surface area contributed by atoms with E-state index in [9.17, 15) is 4.79 Å². The SMILES string of the molecule is CSc1ccccc1CN1CCC(CNC(=O)c2ccc3ccccc3c2)CC1. The Balaban J connectivity index is 1.26. The van der Waals surface area contributed by atoms with Crippen LogP contribution in [0.5, 0.6) is 0 Å². The van der Waals surface area contributed by atoms with Gasteiger partial charge in [-0.15, -0.1) is 11.8 Å². The summed E-state index contributed by atoms with van der Waals surface area (Å²) in [6.07, 6.45) is 4.42.